The van der Waals surface area contributed by atoms with E-state index in [0.717, 1.165) is 13.0 Å². The van der Waals surface area contributed by atoms with Crippen LogP contribution in [-0.4, -0.2) is 58.3 Å². The second-order valence-electron chi connectivity index (χ2n) is 7.73. The molecule has 1 fully saturated rings. The summed E-state index contributed by atoms with van der Waals surface area (Å²) in [6, 6.07) is 11.0. The van der Waals surface area contributed by atoms with E-state index in [-0.39, 0.29) is 12.3 Å². The third-order valence-corrected chi connectivity index (χ3v) is 5.41. The largest absolute Gasteiger partial charge is 0.495 e. The molecule has 1 aliphatic rings. The Bertz CT molecular complexity index is 1030. The van der Waals surface area contributed by atoms with E-state index in [1.807, 2.05) is 0 Å². The number of nitrogens with zero attached hydrogens (tertiary/aromatic N) is 2. The third kappa shape index (κ3) is 6.06. The lowest BCUT2D eigenvalue weighted by molar-refractivity contribution is -0.132. The van der Waals surface area contributed by atoms with Crippen LogP contribution in [0.2, 0.25) is 0 Å². The fourth-order valence-corrected chi connectivity index (χ4v) is 3.62. The normalized spacial score (nSPS) is 16.7. The van der Waals surface area contributed by atoms with E-state index in [1.54, 1.807) is 37.4 Å². The summed E-state index contributed by atoms with van der Waals surface area (Å²) in [5.74, 6) is -0.347. The van der Waals surface area contributed by atoms with Gasteiger partial charge in [-0.15, -0.1) is 0 Å². The Labute approximate surface area is 192 Å². The van der Waals surface area contributed by atoms with Gasteiger partial charge in [-0.25, -0.2) is 4.39 Å². The van der Waals surface area contributed by atoms with Crippen LogP contribution in [0, 0.1) is 17.1 Å². The van der Waals surface area contributed by atoms with Gasteiger partial charge in [0.25, 0.3) is 5.91 Å². The topological polar surface area (TPSA) is 104 Å². The molecular formula is C24H27FN4O4. The lowest BCUT2D eigenvalue weighted by atomic mass is 9.99. The first-order valence-electron chi connectivity index (χ1n) is 10.6. The second kappa shape index (κ2) is 11.4. The maximum absolute atomic E-state index is 15.0. The lowest BCUT2D eigenvalue weighted by Crippen LogP contribution is -2.46. The molecule has 9 heteroatoms. The van der Waals surface area contributed by atoms with Gasteiger partial charge in [0.1, 0.15) is 23.7 Å². The molecule has 0 bridgehead atoms. The Kier molecular flexibility index (Phi) is 8.35. The highest BCUT2D eigenvalue weighted by Gasteiger charge is 2.23. The number of nitrogens with one attached hydrogen (secondary N) is 2. The molecule has 33 heavy (non-hydrogen) atoms. The molecule has 3 rings (SSSR count). The van der Waals surface area contributed by atoms with E-state index in [1.165, 1.54) is 18.1 Å². The van der Waals surface area contributed by atoms with Crippen LogP contribution in [0.15, 0.2) is 36.4 Å². The molecule has 0 aromatic heterocycles. The molecule has 0 radical (unpaired) electrons. The van der Waals surface area contributed by atoms with Crippen LogP contribution in [0.25, 0.3) is 11.1 Å². The highest BCUT2D eigenvalue weighted by atomic mass is 19.1. The molecule has 174 valence electrons. The van der Waals surface area contributed by atoms with E-state index >= 15 is 0 Å². The molecule has 2 N–H and O–H groups in total. The minimum absolute atomic E-state index is 0.154. The summed E-state index contributed by atoms with van der Waals surface area (Å²) in [6.45, 7) is 1.64. The zero-order chi connectivity index (χ0) is 23.8. The van der Waals surface area contributed by atoms with Crippen LogP contribution in [0.1, 0.15) is 12.0 Å². The van der Waals surface area contributed by atoms with Crippen molar-refractivity contribution in [2.45, 2.75) is 25.0 Å². The molecule has 1 aliphatic heterocycles. The van der Waals surface area contributed by atoms with Crippen LogP contribution in [-0.2, 0) is 20.7 Å². The Morgan fingerprint density at radius 1 is 1.42 bits per heavy atom. The molecule has 2 aromatic carbocycles. The molecule has 2 aromatic rings. The number of carbonyl (C=O) groups is 2. The number of anilines is 1. The number of methoxy groups -OCH3 is 1. The van der Waals surface area contributed by atoms with Gasteiger partial charge in [-0.1, -0.05) is 18.2 Å². The number of carbonyl (C=O) groups excluding carboxylic acids is 2. The number of nitriles is 1. The third-order valence-electron chi connectivity index (χ3n) is 5.41. The number of amides is 2. The van der Waals surface area contributed by atoms with Crippen LogP contribution < -0.4 is 20.3 Å². The second-order valence-corrected chi connectivity index (χ2v) is 7.73. The first kappa shape index (κ1) is 24.2. The highest BCUT2D eigenvalue weighted by Crippen LogP contribution is 2.33. The number of benzene rings is 2. The maximum Gasteiger partial charge on any atom is 0.251 e. The van der Waals surface area contributed by atoms with E-state index in [0.29, 0.717) is 47.7 Å². The van der Waals surface area contributed by atoms with Gasteiger partial charge in [-0.2, -0.15) is 5.26 Å². The summed E-state index contributed by atoms with van der Waals surface area (Å²) in [7, 11) is 3.08. The zero-order valence-electron chi connectivity index (χ0n) is 18.6. The fraction of sp³-hybridized carbons (Fsp3) is 0.375. The van der Waals surface area contributed by atoms with Crippen LogP contribution in [0.3, 0.4) is 0 Å². The zero-order valence-corrected chi connectivity index (χ0v) is 18.6. The van der Waals surface area contributed by atoms with E-state index in [9.17, 15) is 19.2 Å². The van der Waals surface area contributed by atoms with Crippen LogP contribution in [0.5, 0.6) is 5.75 Å². The smallest absolute Gasteiger partial charge is 0.251 e. The average Bonchev–Trinajstić information content (AvgIpc) is 3.12. The molecule has 2 unspecified atom stereocenters. The summed E-state index contributed by atoms with van der Waals surface area (Å²) in [6.07, 6.45) is 0.962. The Morgan fingerprint density at radius 3 is 2.94 bits per heavy atom. The van der Waals surface area contributed by atoms with Gasteiger partial charge in [0, 0.05) is 32.2 Å². The lowest BCUT2D eigenvalue weighted by Gasteiger charge is -2.18. The number of ether oxygens (including phenoxy) is 2. The fourth-order valence-electron chi connectivity index (χ4n) is 3.62. The van der Waals surface area contributed by atoms with E-state index in [2.05, 4.69) is 16.7 Å². The van der Waals surface area contributed by atoms with Crippen molar-refractivity contribution in [1.29, 1.82) is 5.26 Å². The van der Waals surface area contributed by atoms with Gasteiger partial charge < -0.3 is 25.0 Å². The van der Waals surface area contributed by atoms with Gasteiger partial charge in [-0.05, 0) is 42.3 Å². The van der Waals surface area contributed by atoms with Crippen LogP contribution in [0.4, 0.5) is 10.1 Å². The van der Waals surface area contributed by atoms with Crippen molar-refractivity contribution in [1.82, 2.24) is 10.6 Å². The predicted molar refractivity (Wildman–Crippen MR) is 121 cm³/mol. The first-order chi connectivity index (χ1) is 16.0. The van der Waals surface area contributed by atoms with Crippen molar-refractivity contribution >= 4 is 18.0 Å². The van der Waals surface area contributed by atoms with Gasteiger partial charge in [0.15, 0.2) is 0 Å². The van der Waals surface area contributed by atoms with Crippen molar-refractivity contribution < 1.29 is 23.5 Å². The van der Waals surface area contributed by atoms with Crippen LogP contribution >= 0.6 is 0 Å². The summed E-state index contributed by atoms with van der Waals surface area (Å²) in [5.41, 5.74) is 2.00. The number of hydrogen-bond donors (Lipinski definition) is 2. The molecule has 0 spiro atoms. The minimum atomic E-state index is -0.816. The summed E-state index contributed by atoms with van der Waals surface area (Å²) in [4.78, 5) is 25.0. The molecule has 2 amide bonds. The minimum Gasteiger partial charge on any atom is -0.495 e. The van der Waals surface area contributed by atoms with Gasteiger partial charge in [0.2, 0.25) is 6.41 Å². The molecule has 1 saturated heterocycles. The Hall–Kier alpha value is -3.48. The SMILES string of the molecule is COc1ccc(-c2ccc(CC(C#N)NC(=O)C3CNCCCO3)cc2F)cc1N(C)C=O. The summed E-state index contributed by atoms with van der Waals surface area (Å²) < 4.78 is 25.8. The van der Waals surface area contributed by atoms with Gasteiger partial charge in [-0.3, -0.25) is 9.59 Å². The monoisotopic (exact) mass is 454 g/mol. The van der Waals surface area contributed by atoms with E-state index < -0.39 is 18.0 Å². The highest BCUT2D eigenvalue weighted by molar-refractivity contribution is 5.82. The number of halogens is 1. The molecule has 0 aliphatic carbocycles. The molecular weight excluding hydrogens is 427 g/mol. The van der Waals surface area contributed by atoms with Gasteiger partial charge >= 0.3 is 0 Å². The molecule has 1 heterocycles. The maximum atomic E-state index is 15.0. The summed E-state index contributed by atoms with van der Waals surface area (Å²) >= 11 is 0. The average molecular weight is 455 g/mol. The molecule has 2 atom stereocenters. The van der Waals surface area contributed by atoms with Crippen molar-refractivity contribution in [3.05, 3.63) is 47.8 Å². The number of hydrogen-bond acceptors (Lipinski definition) is 6. The van der Waals surface area contributed by atoms with Gasteiger partial charge in [0.05, 0.1) is 18.9 Å². The Morgan fingerprint density at radius 2 is 2.24 bits per heavy atom. The summed E-state index contributed by atoms with van der Waals surface area (Å²) in [5, 5.41) is 15.3. The first-order valence-corrected chi connectivity index (χ1v) is 10.6. The molecule has 8 nitrogen and oxygen atoms in total. The Balaban J connectivity index is 1.74. The predicted octanol–water partition coefficient (Wildman–Crippen LogP) is 2.02. The molecule has 0 saturated carbocycles. The van der Waals surface area contributed by atoms with Crippen molar-refractivity contribution in [2.24, 2.45) is 0 Å². The quantitative estimate of drug-likeness (QED) is 0.592. The van der Waals surface area contributed by atoms with E-state index in [4.69, 9.17) is 9.47 Å². The number of rotatable bonds is 8. The van der Waals surface area contributed by atoms with Crippen molar-refractivity contribution in [3.8, 4) is 22.9 Å². The standard InChI is InChI=1S/C24H27FN4O4/c1-29(15-30)21-12-17(5-7-22(21)32-2)19-6-4-16(11-20(19)25)10-18(13-26)28-24(31)23-14-27-8-3-9-33-23/h4-7,11-12,15,18,23,27H,3,8-10,14H2,1-2H3,(H,28,31). The van der Waals surface area contributed by atoms with Crippen molar-refractivity contribution in [2.75, 3.05) is 38.8 Å². The van der Waals surface area contributed by atoms with Crippen molar-refractivity contribution in [3.63, 3.8) is 0 Å².